The lowest BCUT2D eigenvalue weighted by atomic mass is 10.1. The summed E-state index contributed by atoms with van der Waals surface area (Å²) in [5, 5.41) is 11.7. The number of aromatic nitrogens is 3. The van der Waals surface area contributed by atoms with Crippen LogP contribution in [0.1, 0.15) is 5.69 Å². The minimum atomic E-state index is -0.526. The number of nitrogens with one attached hydrogen (secondary N) is 1. The van der Waals surface area contributed by atoms with Gasteiger partial charge in [-0.3, -0.25) is 9.78 Å². The van der Waals surface area contributed by atoms with E-state index in [0.29, 0.717) is 32.1 Å². The van der Waals surface area contributed by atoms with E-state index >= 15 is 0 Å². The van der Waals surface area contributed by atoms with Crippen LogP contribution in [0.25, 0.3) is 11.1 Å². The van der Waals surface area contributed by atoms with E-state index in [9.17, 15) is 4.79 Å². The van der Waals surface area contributed by atoms with Gasteiger partial charge >= 0.3 is 0 Å². The number of nitrogens with zero attached hydrogens (tertiary/aromatic N) is 7. The average molecular weight is 394 g/mol. The minimum absolute atomic E-state index is 0.0898. The fraction of sp³-hybridized carbons (Fsp3) is 0.333. The van der Waals surface area contributed by atoms with Crippen molar-refractivity contribution in [3.05, 3.63) is 30.2 Å². The summed E-state index contributed by atoms with van der Waals surface area (Å²) in [7, 11) is 0. The van der Waals surface area contributed by atoms with Crippen molar-refractivity contribution in [1.29, 1.82) is 5.26 Å². The molecule has 0 radical (unpaired) electrons. The first kappa shape index (κ1) is 19.8. The molecule has 2 aromatic rings. The van der Waals surface area contributed by atoms with Gasteiger partial charge in [0.05, 0.1) is 12.2 Å². The summed E-state index contributed by atoms with van der Waals surface area (Å²) in [6, 6.07) is 3.82. The minimum Gasteiger partial charge on any atom is -0.368 e. The molecule has 1 aliphatic heterocycles. The Hall–Kier alpha value is -3.94. The van der Waals surface area contributed by atoms with Gasteiger partial charge in [-0.05, 0) is 13.0 Å². The van der Waals surface area contributed by atoms with E-state index in [1.807, 2.05) is 24.0 Å². The SMILES string of the molecule is Cc1nc(N)nc(N2CCN(/C(=N\C#N)NCC(N)=O)CC2)c1-c1cccnc1. The number of piperazine rings is 1. The highest BCUT2D eigenvalue weighted by molar-refractivity contribution is 5.86. The highest BCUT2D eigenvalue weighted by Gasteiger charge is 2.25. The van der Waals surface area contributed by atoms with E-state index in [2.05, 4.69) is 30.2 Å². The average Bonchev–Trinajstić information content (AvgIpc) is 2.71. The fourth-order valence-electron chi connectivity index (χ4n) is 3.22. The summed E-state index contributed by atoms with van der Waals surface area (Å²) >= 11 is 0. The Labute approximate surface area is 168 Å². The number of hydrogen-bond acceptors (Lipinski definition) is 8. The molecule has 1 amide bonds. The van der Waals surface area contributed by atoms with E-state index in [1.54, 1.807) is 18.6 Å². The number of nitrogens with two attached hydrogens (primary N) is 2. The Morgan fingerprint density at radius 3 is 2.72 bits per heavy atom. The van der Waals surface area contributed by atoms with Gasteiger partial charge in [0.1, 0.15) is 5.82 Å². The van der Waals surface area contributed by atoms with Crippen LogP contribution in [-0.4, -0.2) is 64.4 Å². The molecule has 11 nitrogen and oxygen atoms in total. The Balaban J connectivity index is 1.82. The molecule has 1 fully saturated rings. The molecule has 1 aliphatic rings. The van der Waals surface area contributed by atoms with Crippen LogP contribution in [0.3, 0.4) is 0 Å². The van der Waals surface area contributed by atoms with Crippen molar-refractivity contribution in [2.75, 3.05) is 43.4 Å². The lowest BCUT2D eigenvalue weighted by Gasteiger charge is -2.37. The zero-order chi connectivity index (χ0) is 20.8. The van der Waals surface area contributed by atoms with E-state index in [4.69, 9.17) is 16.7 Å². The van der Waals surface area contributed by atoms with Crippen LogP contribution in [0, 0.1) is 18.4 Å². The maximum absolute atomic E-state index is 11.0. The van der Waals surface area contributed by atoms with Gasteiger partial charge < -0.3 is 26.6 Å². The molecule has 0 aromatic carbocycles. The number of pyridine rings is 1. The number of guanidine groups is 1. The van der Waals surface area contributed by atoms with E-state index in [-0.39, 0.29) is 12.5 Å². The lowest BCUT2D eigenvalue weighted by molar-refractivity contribution is -0.117. The van der Waals surface area contributed by atoms with Gasteiger partial charge in [0, 0.05) is 49.7 Å². The van der Waals surface area contributed by atoms with Crippen molar-refractivity contribution in [3.63, 3.8) is 0 Å². The summed E-state index contributed by atoms with van der Waals surface area (Å²) in [5.74, 6) is 0.757. The number of nitrogen functional groups attached to an aromatic ring is 1. The number of carbonyl (C=O) groups excluding carboxylic acids is 1. The van der Waals surface area contributed by atoms with Crippen LogP contribution in [0.4, 0.5) is 11.8 Å². The predicted molar refractivity (Wildman–Crippen MR) is 108 cm³/mol. The molecule has 5 N–H and O–H groups in total. The van der Waals surface area contributed by atoms with Crippen LogP contribution in [0.5, 0.6) is 0 Å². The second-order valence-corrected chi connectivity index (χ2v) is 6.44. The molecule has 0 atom stereocenters. The summed E-state index contributed by atoms with van der Waals surface area (Å²) < 4.78 is 0. The third kappa shape index (κ3) is 4.67. The quantitative estimate of drug-likeness (QED) is 0.351. The van der Waals surface area contributed by atoms with Crippen LogP contribution >= 0.6 is 0 Å². The Kier molecular flexibility index (Phi) is 6.03. The summed E-state index contributed by atoms with van der Waals surface area (Å²) in [5.41, 5.74) is 13.7. The first-order valence-electron chi connectivity index (χ1n) is 9.03. The highest BCUT2D eigenvalue weighted by Crippen LogP contribution is 2.32. The van der Waals surface area contributed by atoms with Crippen LogP contribution in [0.2, 0.25) is 0 Å². The second-order valence-electron chi connectivity index (χ2n) is 6.44. The molecule has 150 valence electrons. The van der Waals surface area contributed by atoms with E-state index in [0.717, 1.165) is 22.6 Å². The fourth-order valence-corrected chi connectivity index (χ4v) is 3.22. The second kappa shape index (κ2) is 8.83. The van der Waals surface area contributed by atoms with Crippen molar-refractivity contribution in [1.82, 2.24) is 25.2 Å². The number of aliphatic imine (C=N–C) groups is 1. The first-order valence-corrected chi connectivity index (χ1v) is 9.03. The van der Waals surface area contributed by atoms with Crippen molar-refractivity contribution >= 4 is 23.6 Å². The third-order valence-corrected chi connectivity index (χ3v) is 4.49. The largest absolute Gasteiger partial charge is 0.368 e. The Morgan fingerprint density at radius 1 is 1.34 bits per heavy atom. The molecule has 0 spiro atoms. The third-order valence-electron chi connectivity index (χ3n) is 4.49. The topological polar surface area (TPSA) is 162 Å². The molecule has 0 saturated carbocycles. The summed E-state index contributed by atoms with van der Waals surface area (Å²) in [4.78, 5) is 31.8. The number of anilines is 2. The van der Waals surface area contributed by atoms with Gasteiger partial charge in [0.2, 0.25) is 24.0 Å². The van der Waals surface area contributed by atoms with Gasteiger partial charge in [-0.15, -0.1) is 4.99 Å². The Bertz CT molecular complexity index is 945. The number of carbonyl (C=O) groups is 1. The maximum Gasteiger partial charge on any atom is 0.236 e. The van der Waals surface area contributed by atoms with Crippen molar-refractivity contribution in [3.8, 4) is 17.3 Å². The van der Waals surface area contributed by atoms with Crippen LogP contribution in [-0.2, 0) is 4.79 Å². The Morgan fingerprint density at radius 2 is 2.10 bits per heavy atom. The van der Waals surface area contributed by atoms with E-state index in [1.165, 1.54) is 0 Å². The molecule has 0 aliphatic carbocycles. The number of nitriles is 1. The van der Waals surface area contributed by atoms with Gasteiger partial charge in [-0.1, -0.05) is 6.07 Å². The summed E-state index contributed by atoms with van der Waals surface area (Å²) in [6.07, 6.45) is 5.24. The number of primary amides is 1. The normalized spacial score (nSPS) is 14.4. The van der Waals surface area contributed by atoms with Gasteiger partial charge in [0.15, 0.2) is 0 Å². The molecule has 3 heterocycles. The first-order chi connectivity index (χ1) is 14.0. The molecule has 0 bridgehead atoms. The highest BCUT2D eigenvalue weighted by atomic mass is 16.1. The molecule has 3 rings (SSSR count). The standard InChI is InChI=1S/C18H22N10O/c1-12-15(13-3-2-4-22-9-13)16(26-17(21)25-12)27-5-7-28(8-6-27)18(24-11-19)23-10-14(20)29/h2-4,9H,5-8,10H2,1H3,(H2,20,29)(H,23,24)(H2,21,25,26). The van der Waals surface area contributed by atoms with Crippen LogP contribution in [0.15, 0.2) is 29.5 Å². The van der Waals surface area contributed by atoms with Crippen molar-refractivity contribution in [2.24, 2.45) is 10.7 Å². The molecule has 29 heavy (non-hydrogen) atoms. The number of rotatable bonds is 4. The lowest BCUT2D eigenvalue weighted by Crippen LogP contribution is -2.53. The smallest absolute Gasteiger partial charge is 0.236 e. The molecule has 2 aromatic heterocycles. The summed E-state index contributed by atoms with van der Waals surface area (Å²) in [6.45, 7) is 4.18. The van der Waals surface area contributed by atoms with Crippen LogP contribution < -0.4 is 21.7 Å². The molecular formula is C18H22N10O. The van der Waals surface area contributed by atoms with Gasteiger partial charge in [-0.25, -0.2) is 4.98 Å². The monoisotopic (exact) mass is 394 g/mol. The van der Waals surface area contributed by atoms with Gasteiger partial charge in [-0.2, -0.15) is 10.2 Å². The molecule has 11 heteroatoms. The number of aryl methyl sites for hydroxylation is 1. The number of amides is 1. The predicted octanol–water partition coefficient (Wildman–Crippen LogP) is -0.537. The van der Waals surface area contributed by atoms with Crippen molar-refractivity contribution < 1.29 is 4.79 Å². The maximum atomic E-state index is 11.0. The van der Waals surface area contributed by atoms with E-state index < -0.39 is 5.91 Å². The number of hydrogen-bond donors (Lipinski definition) is 3. The van der Waals surface area contributed by atoms with Crippen molar-refractivity contribution in [2.45, 2.75) is 6.92 Å². The molecule has 0 unspecified atom stereocenters. The molecule has 1 saturated heterocycles. The zero-order valence-electron chi connectivity index (χ0n) is 16.0. The zero-order valence-corrected chi connectivity index (χ0v) is 16.0. The molecular weight excluding hydrogens is 372 g/mol. The van der Waals surface area contributed by atoms with Gasteiger partial charge in [0.25, 0.3) is 0 Å².